The summed E-state index contributed by atoms with van der Waals surface area (Å²) in [7, 11) is 1.92. The van der Waals surface area contributed by atoms with Gasteiger partial charge in [-0.1, -0.05) is 0 Å². The van der Waals surface area contributed by atoms with Gasteiger partial charge >= 0.3 is 5.97 Å². The summed E-state index contributed by atoms with van der Waals surface area (Å²) < 4.78 is 7.33. The molecule has 1 N–H and O–H groups in total. The SMILES string of the molecule is Cn1cnc2cc(OC(=O)c3ccc4nc[nH]c4c3)ccc21. The Morgan fingerprint density at radius 2 is 2.05 bits per heavy atom. The van der Waals surface area contributed by atoms with Crippen LogP contribution >= 0.6 is 0 Å². The normalized spacial score (nSPS) is 11.1. The van der Waals surface area contributed by atoms with Crippen LogP contribution in [-0.2, 0) is 7.05 Å². The number of aryl methyl sites for hydroxylation is 1. The maximum atomic E-state index is 12.2. The first-order chi connectivity index (χ1) is 10.7. The third-order valence-electron chi connectivity index (χ3n) is 3.56. The monoisotopic (exact) mass is 292 g/mol. The van der Waals surface area contributed by atoms with Gasteiger partial charge in [-0.05, 0) is 30.3 Å². The third-order valence-corrected chi connectivity index (χ3v) is 3.56. The van der Waals surface area contributed by atoms with E-state index in [-0.39, 0.29) is 0 Å². The van der Waals surface area contributed by atoms with E-state index in [4.69, 9.17) is 4.74 Å². The van der Waals surface area contributed by atoms with E-state index < -0.39 is 5.97 Å². The minimum atomic E-state index is -0.410. The Morgan fingerprint density at radius 3 is 2.95 bits per heavy atom. The van der Waals surface area contributed by atoms with E-state index in [1.54, 1.807) is 43.0 Å². The molecular formula is C16H12N4O2. The van der Waals surface area contributed by atoms with E-state index in [0.29, 0.717) is 11.3 Å². The van der Waals surface area contributed by atoms with Crippen molar-refractivity contribution in [3.05, 3.63) is 54.6 Å². The highest BCUT2D eigenvalue weighted by molar-refractivity contribution is 5.95. The van der Waals surface area contributed by atoms with Crippen LogP contribution in [0.25, 0.3) is 22.1 Å². The predicted octanol–water partition coefficient (Wildman–Crippen LogP) is 2.67. The Morgan fingerprint density at radius 1 is 1.14 bits per heavy atom. The van der Waals surface area contributed by atoms with Crippen LogP contribution in [0.15, 0.2) is 49.1 Å². The smallest absolute Gasteiger partial charge is 0.343 e. The molecule has 0 saturated heterocycles. The number of esters is 1. The highest BCUT2D eigenvalue weighted by atomic mass is 16.5. The maximum Gasteiger partial charge on any atom is 0.343 e. The summed E-state index contributed by atoms with van der Waals surface area (Å²) in [5, 5.41) is 0. The number of nitrogens with zero attached hydrogens (tertiary/aromatic N) is 3. The van der Waals surface area contributed by atoms with Crippen molar-refractivity contribution >= 4 is 28.0 Å². The summed E-state index contributed by atoms with van der Waals surface area (Å²) in [4.78, 5) is 23.6. The maximum absolute atomic E-state index is 12.2. The summed E-state index contributed by atoms with van der Waals surface area (Å²) in [6, 6.07) is 10.6. The highest BCUT2D eigenvalue weighted by Crippen LogP contribution is 2.21. The fraction of sp³-hybridized carbons (Fsp3) is 0.0625. The fourth-order valence-corrected chi connectivity index (χ4v) is 2.41. The van der Waals surface area contributed by atoms with Gasteiger partial charge in [-0.3, -0.25) is 0 Å². The van der Waals surface area contributed by atoms with Gasteiger partial charge in [0.15, 0.2) is 0 Å². The number of carbonyl (C=O) groups is 1. The molecule has 2 aromatic carbocycles. The molecule has 6 nitrogen and oxygen atoms in total. The van der Waals surface area contributed by atoms with Crippen LogP contribution in [0, 0.1) is 0 Å². The predicted molar refractivity (Wildman–Crippen MR) is 81.8 cm³/mol. The quantitative estimate of drug-likeness (QED) is 0.455. The van der Waals surface area contributed by atoms with Crippen molar-refractivity contribution < 1.29 is 9.53 Å². The number of aromatic nitrogens is 4. The first kappa shape index (κ1) is 12.6. The largest absolute Gasteiger partial charge is 0.423 e. The number of aromatic amines is 1. The molecule has 0 bridgehead atoms. The first-order valence-electron chi connectivity index (χ1n) is 6.77. The zero-order valence-electron chi connectivity index (χ0n) is 11.8. The molecule has 0 aliphatic rings. The molecule has 0 amide bonds. The van der Waals surface area contributed by atoms with Crippen molar-refractivity contribution in [1.82, 2.24) is 19.5 Å². The van der Waals surface area contributed by atoms with E-state index in [2.05, 4.69) is 15.0 Å². The number of fused-ring (bicyclic) bond motifs is 2. The van der Waals surface area contributed by atoms with Crippen LogP contribution in [-0.4, -0.2) is 25.5 Å². The van der Waals surface area contributed by atoms with Crippen LogP contribution in [0.1, 0.15) is 10.4 Å². The van der Waals surface area contributed by atoms with Crippen molar-refractivity contribution in [2.75, 3.05) is 0 Å². The number of rotatable bonds is 2. The molecule has 2 aromatic heterocycles. The topological polar surface area (TPSA) is 72.8 Å². The molecule has 0 aliphatic carbocycles. The minimum Gasteiger partial charge on any atom is -0.423 e. The molecule has 0 atom stereocenters. The number of nitrogens with one attached hydrogen (secondary N) is 1. The van der Waals surface area contributed by atoms with E-state index in [9.17, 15) is 4.79 Å². The van der Waals surface area contributed by atoms with E-state index in [1.807, 2.05) is 17.7 Å². The van der Waals surface area contributed by atoms with Crippen molar-refractivity contribution in [1.29, 1.82) is 0 Å². The summed E-state index contributed by atoms with van der Waals surface area (Å²) in [6.07, 6.45) is 3.32. The van der Waals surface area contributed by atoms with Gasteiger partial charge in [-0.25, -0.2) is 14.8 Å². The Hall–Kier alpha value is -3.15. The zero-order valence-corrected chi connectivity index (χ0v) is 11.8. The van der Waals surface area contributed by atoms with Crippen LogP contribution in [0.3, 0.4) is 0 Å². The number of carbonyl (C=O) groups excluding carboxylic acids is 1. The highest BCUT2D eigenvalue weighted by Gasteiger charge is 2.11. The lowest BCUT2D eigenvalue weighted by Gasteiger charge is -2.04. The van der Waals surface area contributed by atoms with Crippen molar-refractivity contribution in [3.63, 3.8) is 0 Å². The van der Waals surface area contributed by atoms with Gasteiger partial charge in [0, 0.05) is 13.1 Å². The van der Waals surface area contributed by atoms with Gasteiger partial charge in [-0.2, -0.15) is 0 Å². The lowest BCUT2D eigenvalue weighted by molar-refractivity contribution is 0.0735. The number of benzene rings is 2. The van der Waals surface area contributed by atoms with Gasteiger partial charge in [-0.15, -0.1) is 0 Å². The second kappa shape index (κ2) is 4.70. The van der Waals surface area contributed by atoms with Crippen LogP contribution in [0.4, 0.5) is 0 Å². The number of hydrogen-bond acceptors (Lipinski definition) is 4. The molecule has 0 radical (unpaired) electrons. The fourth-order valence-electron chi connectivity index (χ4n) is 2.41. The molecule has 0 spiro atoms. The number of ether oxygens (including phenoxy) is 1. The van der Waals surface area contributed by atoms with Gasteiger partial charge in [0.2, 0.25) is 0 Å². The minimum absolute atomic E-state index is 0.410. The molecule has 4 rings (SSSR count). The number of imidazole rings is 2. The summed E-state index contributed by atoms with van der Waals surface area (Å²) in [5.74, 6) is 0.0627. The molecule has 2 heterocycles. The van der Waals surface area contributed by atoms with E-state index in [1.165, 1.54) is 0 Å². The molecule has 0 aliphatic heterocycles. The first-order valence-corrected chi connectivity index (χ1v) is 6.77. The molecule has 4 aromatic rings. The second-order valence-corrected chi connectivity index (χ2v) is 5.03. The van der Waals surface area contributed by atoms with Crippen LogP contribution in [0.5, 0.6) is 5.75 Å². The van der Waals surface area contributed by atoms with Crippen molar-refractivity contribution in [3.8, 4) is 5.75 Å². The molecule has 0 unspecified atom stereocenters. The summed E-state index contributed by atoms with van der Waals surface area (Å²) >= 11 is 0. The standard InChI is InChI=1S/C16H12N4O2/c1-20-9-19-14-7-11(3-5-15(14)20)22-16(21)10-2-4-12-13(6-10)18-8-17-12/h2-9H,1H3,(H,17,18). The molecule has 6 heteroatoms. The number of hydrogen-bond donors (Lipinski definition) is 1. The van der Waals surface area contributed by atoms with Crippen LogP contribution < -0.4 is 4.74 Å². The van der Waals surface area contributed by atoms with Crippen LogP contribution in [0.2, 0.25) is 0 Å². The Kier molecular flexibility index (Phi) is 2.69. The van der Waals surface area contributed by atoms with Crippen molar-refractivity contribution in [2.24, 2.45) is 7.05 Å². The van der Waals surface area contributed by atoms with E-state index in [0.717, 1.165) is 22.1 Å². The average Bonchev–Trinajstić information content (AvgIpc) is 3.13. The average molecular weight is 292 g/mol. The lowest BCUT2D eigenvalue weighted by atomic mass is 10.2. The lowest BCUT2D eigenvalue weighted by Crippen LogP contribution is -2.08. The molecule has 0 saturated carbocycles. The van der Waals surface area contributed by atoms with Gasteiger partial charge in [0.05, 0.1) is 40.3 Å². The van der Waals surface area contributed by atoms with E-state index >= 15 is 0 Å². The molecular weight excluding hydrogens is 280 g/mol. The summed E-state index contributed by atoms with van der Waals surface area (Å²) in [5.41, 5.74) is 3.86. The van der Waals surface area contributed by atoms with Gasteiger partial charge < -0.3 is 14.3 Å². The Balaban J connectivity index is 1.64. The second-order valence-electron chi connectivity index (χ2n) is 5.03. The molecule has 22 heavy (non-hydrogen) atoms. The number of H-pyrrole nitrogens is 1. The Labute approximate surface area is 125 Å². The Bertz CT molecular complexity index is 1000. The third kappa shape index (κ3) is 2.01. The van der Waals surface area contributed by atoms with Gasteiger partial charge in [0.25, 0.3) is 0 Å². The molecule has 108 valence electrons. The summed E-state index contributed by atoms with van der Waals surface area (Å²) in [6.45, 7) is 0. The zero-order chi connectivity index (χ0) is 15.1. The van der Waals surface area contributed by atoms with Crippen molar-refractivity contribution in [2.45, 2.75) is 0 Å². The molecule has 0 fully saturated rings. The van der Waals surface area contributed by atoms with Gasteiger partial charge in [0.1, 0.15) is 5.75 Å².